The number of hydrogen-bond donors (Lipinski definition) is 3. The fraction of sp³-hybridized carbons (Fsp3) is 0.409. The topological polar surface area (TPSA) is 73.0 Å². The molecule has 8 heteroatoms. The van der Waals surface area contributed by atoms with Gasteiger partial charge < -0.3 is 20.2 Å². The molecule has 4 rings (SSSR count). The predicted octanol–water partition coefficient (Wildman–Crippen LogP) is 4.15. The Morgan fingerprint density at radius 1 is 1.17 bits per heavy atom. The van der Waals surface area contributed by atoms with Gasteiger partial charge in [0.25, 0.3) is 0 Å². The number of nitrogens with one attached hydrogen (secondary N) is 2. The van der Waals surface area contributed by atoms with Crippen LogP contribution in [0.3, 0.4) is 0 Å². The molecule has 0 saturated carbocycles. The quantitative estimate of drug-likeness (QED) is 0.239. The molecule has 6 nitrogen and oxygen atoms in total. The van der Waals surface area contributed by atoms with Crippen LogP contribution in [-0.2, 0) is 0 Å². The molecule has 0 amide bonds. The molecule has 0 spiro atoms. The molecule has 30 heavy (non-hydrogen) atoms. The highest BCUT2D eigenvalue weighted by Crippen LogP contribution is 2.29. The van der Waals surface area contributed by atoms with E-state index >= 15 is 0 Å². The van der Waals surface area contributed by atoms with Gasteiger partial charge in [0.05, 0.1) is 12.3 Å². The minimum Gasteiger partial charge on any atom is -0.468 e. The van der Waals surface area contributed by atoms with Crippen molar-refractivity contribution in [1.82, 2.24) is 15.5 Å². The number of fused-ring (bicyclic) bond motifs is 1. The van der Waals surface area contributed by atoms with Crippen molar-refractivity contribution in [3.05, 3.63) is 59.4 Å². The maximum Gasteiger partial charge on any atom is 0.191 e. The Kier molecular flexibility index (Phi) is 8.55. The Labute approximate surface area is 198 Å². The molecular formula is C22H29IN4O2S. The summed E-state index contributed by atoms with van der Waals surface area (Å²) in [6.45, 7) is 3.28. The molecule has 162 valence electrons. The number of hydrogen-bond acceptors (Lipinski definition) is 5. The summed E-state index contributed by atoms with van der Waals surface area (Å²) in [6, 6.07) is 14.4. The minimum absolute atomic E-state index is 0. The van der Waals surface area contributed by atoms with Crippen LogP contribution in [0, 0.1) is 0 Å². The van der Waals surface area contributed by atoms with Crippen molar-refractivity contribution in [2.45, 2.75) is 25.0 Å². The van der Waals surface area contributed by atoms with Gasteiger partial charge in [-0.1, -0.05) is 18.2 Å². The zero-order chi connectivity index (χ0) is 20.1. The number of rotatable bonds is 7. The molecule has 2 unspecified atom stereocenters. The van der Waals surface area contributed by atoms with E-state index in [-0.39, 0.29) is 30.0 Å². The van der Waals surface area contributed by atoms with E-state index in [4.69, 9.17) is 4.42 Å². The van der Waals surface area contributed by atoms with Gasteiger partial charge in [-0.05, 0) is 55.6 Å². The first-order valence-corrected chi connectivity index (χ1v) is 10.9. The van der Waals surface area contributed by atoms with Gasteiger partial charge >= 0.3 is 0 Å². The lowest BCUT2D eigenvalue weighted by atomic mass is 10.2. The molecule has 1 aromatic carbocycles. The van der Waals surface area contributed by atoms with Crippen molar-refractivity contribution in [1.29, 1.82) is 0 Å². The molecule has 3 heterocycles. The zero-order valence-corrected chi connectivity index (χ0v) is 20.2. The second-order valence-electron chi connectivity index (χ2n) is 7.31. The van der Waals surface area contributed by atoms with Gasteiger partial charge in [0.15, 0.2) is 5.96 Å². The molecule has 2 atom stereocenters. The first-order chi connectivity index (χ1) is 14.2. The number of furan rings is 1. The van der Waals surface area contributed by atoms with Crippen molar-refractivity contribution in [3.8, 4) is 0 Å². The summed E-state index contributed by atoms with van der Waals surface area (Å²) in [5.74, 6) is 1.65. The van der Waals surface area contributed by atoms with Crippen molar-refractivity contribution >= 4 is 51.4 Å². The van der Waals surface area contributed by atoms with E-state index in [1.165, 1.54) is 22.9 Å². The minimum atomic E-state index is -0.578. The van der Waals surface area contributed by atoms with Crippen molar-refractivity contribution < 1.29 is 9.52 Å². The standard InChI is InChI=1S/C22H28N4O2S.HI/c1-23-22(24-14-17(19-8-6-12-28-19)26-10-4-5-11-26)25-15-18(27)21-13-16-7-2-3-9-20(16)29-21;/h2-3,6-9,12-13,17-18,27H,4-5,10-11,14-15H2,1H3,(H2,23,24,25);1H. The van der Waals surface area contributed by atoms with Crippen LogP contribution in [0.25, 0.3) is 10.1 Å². The number of thiophene rings is 1. The Bertz CT molecular complexity index is 905. The average molecular weight is 540 g/mol. The highest BCUT2D eigenvalue weighted by molar-refractivity contribution is 14.0. The maximum absolute atomic E-state index is 10.6. The maximum atomic E-state index is 10.6. The van der Waals surface area contributed by atoms with Crippen LogP contribution in [0.2, 0.25) is 0 Å². The van der Waals surface area contributed by atoms with Gasteiger partial charge in [-0.2, -0.15) is 0 Å². The van der Waals surface area contributed by atoms with Crippen LogP contribution < -0.4 is 10.6 Å². The van der Waals surface area contributed by atoms with E-state index in [0.29, 0.717) is 19.0 Å². The SMILES string of the molecule is CN=C(NCC(O)c1cc2ccccc2s1)NCC(c1ccco1)N1CCCC1.I. The third kappa shape index (κ3) is 5.54. The van der Waals surface area contributed by atoms with Crippen LogP contribution in [0.4, 0.5) is 0 Å². The number of nitrogens with zero attached hydrogens (tertiary/aromatic N) is 2. The fourth-order valence-electron chi connectivity index (χ4n) is 3.82. The van der Waals surface area contributed by atoms with Crippen LogP contribution in [0.1, 0.15) is 35.6 Å². The van der Waals surface area contributed by atoms with Crippen LogP contribution in [0.5, 0.6) is 0 Å². The number of likely N-dealkylation sites (tertiary alicyclic amines) is 1. The third-order valence-electron chi connectivity index (χ3n) is 5.38. The summed E-state index contributed by atoms with van der Waals surface area (Å²) in [4.78, 5) is 7.72. The number of benzene rings is 1. The largest absolute Gasteiger partial charge is 0.468 e. The van der Waals surface area contributed by atoms with E-state index in [0.717, 1.165) is 23.7 Å². The van der Waals surface area contributed by atoms with Gasteiger partial charge in [-0.25, -0.2) is 0 Å². The van der Waals surface area contributed by atoms with Crippen molar-refractivity contribution in [3.63, 3.8) is 0 Å². The van der Waals surface area contributed by atoms with Crippen molar-refractivity contribution in [2.24, 2.45) is 4.99 Å². The summed E-state index contributed by atoms with van der Waals surface area (Å²) in [5, 5.41) is 18.4. The smallest absolute Gasteiger partial charge is 0.191 e. The number of aliphatic hydroxyl groups is 1. The monoisotopic (exact) mass is 540 g/mol. The number of aliphatic hydroxyl groups excluding tert-OH is 1. The fourth-order valence-corrected chi connectivity index (χ4v) is 4.87. The number of guanidine groups is 1. The summed E-state index contributed by atoms with van der Waals surface area (Å²) < 4.78 is 6.87. The second-order valence-corrected chi connectivity index (χ2v) is 8.43. The number of halogens is 1. The van der Waals surface area contributed by atoms with Gasteiger partial charge in [-0.3, -0.25) is 9.89 Å². The van der Waals surface area contributed by atoms with E-state index < -0.39 is 6.10 Å². The predicted molar refractivity (Wildman–Crippen MR) is 134 cm³/mol. The van der Waals surface area contributed by atoms with Crippen LogP contribution in [0.15, 0.2) is 58.1 Å². The van der Waals surface area contributed by atoms with E-state index in [1.54, 1.807) is 24.6 Å². The molecule has 0 bridgehead atoms. The average Bonchev–Trinajstić information content (AvgIpc) is 3.51. The normalized spacial score (nSPS) is 16.9. The zero-order valence-electron chi connectivity index (χ0n) is 17.1. The second kappa shape index (κ2) is 11.1. The highest BCUT2D eigenvalue weighted by Gasteiger charge is 2.25. The summed E-state index contributed by atoms with van der Waals surface area (Å²) in [6.07, 6.45) is 3.61. The molecule has 2 aromatic heterocycles. The Hall–Kier alpha value is -1.62. The molecule has 1 aliphatic rings. The third-order valence-corrected chi connectivity index (χ3v) is 6.59. The molecule has 0 radical (unpaired) electrons. The van der Waals surface area contributed by atoms with E-state index in [9.17, 15) is 5.11 Å². The highest BCUT2D eigenvalue weighted by atomic mass is 127. The molecule has 1 aliphatic heterocycles. The van der Waals surface area contributed by atoms with Gasteiger partial charge in [0.1, 0.15) is 11.9 Å². The Balaban J connectivity index is 0.00000256. The van der Waals surface area contributed by atoms with Crippen molar-refractivity contribution in [2.75, 3.05) is 33.2 Å². The Morgan fingerprint density at radius 3 is 2.63 bits per heavy atom. The lowest BCUT2D eigenvalue weighted by Gasteiger charge is -2.27. The molecule has 3 N–H and O–H groups in total. The molecule has 0 aliphatic carbocycles. The van der Waals surface area contributed by atoms with E-state index in [2.05, 4.69) is 38.7 Å². The molecular weight excluding hydrogens is 511 g/mol. The molecule has 1 saturated heterocycles. The first-order valence-electron chi connectivity index (χ1n) is 10.1. The first kappa shape index (κ1) is 23.1. The summed E-state index contributed by atoms with van der Waals surface area (Å²) in [5.41, 5.74) is 0. The van der Waals surface area contributed by atoms with Gasteiger partial charge in [-0.15, -0.1) is 35.3 Å². The van der Waals surface area contributed by atoms with Crippen LogP contribution in [-0.4, -0.2) is 49.2 Å². The molecule has 1 fully saturated rings. The van der Waals surface area contributed by atoms with Crippen LogP contribution >= 0.6 is 35.3 Å². The van der Waals surface area contributed by atoms with Gasteiger partial charge in [0.2, 0.25) is 0 Å². The van der Waals surface area contributed by atoms with Gasteiger partial charge in [0, 0.05) is 29.7 Å². The summed E-state index contributed by atoms with van der Waals surface area (Å²) >= 11 is 1.63. The van der Waals surface area contributed by atoms with E-state index in [1.807, 2.05) is 24.3 Å². The Morgan fingerprint density at radius 2 is 1.93 bits per heavy atom. The lowest BCUT2D eigenvalue weighted by Crippen LogP contribution is -2.43. The lowest BCUT2D eigenvalue weighted by molar-refractivity contribution is 0.184. The summed E-state index contributed by atoms with van der Waals surface area (Å²) in [7, 11) is 1.75. The number of aliphatic imine (C=N–C) groups is 1. The molecule has 3 aromatic rings.